The van der Waals surface area contributed by atoms with Gasteiger partial charge in [-0.3, -0.25) is 9.59 Å². The molecular formula is C35H45NO7. The minimum atomic E-state index is -0.824. The van der Waals surface area contributed by atoms with Gasteiger partial charge >= 0.3 is 11.9 Å². The quantitative estimate of drug-likeness (QED) is 0.0935. The number of rotatable bonds is 20. The van der Waals surface area contributed by atoms with Crippen LogP contribution in [0.4, 0.5) is 0 Å². The Labute approximate surface area is 254 Å². The molecule has 4 N–H and O–H groups in total. The van der Waals surface area contributed by atoms with E-state index in [4.69, 9.17) is 9.47 Å². The van der Waals surface area contributed by atoms with Crippen LogP contribution < -0.4 is 5.32 Å². The van der Waals surface area contributed by atoms with Gasteiger partial charge in [0.2, 0.25) is 0 Å². The summed E-state index contributed by atoms with van der Waals surface area (Å²) in [6.45, 7) is 4.01. The molecule has 0 aliphatic rings. The maximum Gasteiger partial charge on any atom is 0.307 e. The van der Waals surface area contributed by atoms with Crippen LogP contribution in [0.1, 0.15) is 73.8 Å². The summed E-state index contributed by atoms with van der Waals surface area (Å²) in [5.41, 5.74) is 5.24. The number of aromatic hydroxyl groups is 1. The molecule has 0 aromatic heterocycles. The van der Waals surface area contributed by atoms with E-state index in [0.29, 0.717) is 17.7 Å². The van der Waals surface area contributed by atoms with Gasteiger partial charge in [0.15, 0.2) is 0 Å². The van der Waals surface area contributed by atoms with E-state index in [-0.39, 0.29) is 18.8 Å². The number of aliphatic hydroxyl groups excluding tert-OH is 1. The van der Waals surface area contributed by atoms with Gasteiger partial charge in [0.1, 0.15) is 12.4 Å². The summed E-state index contributed by atoms with van der Waals surface area (Å²) < 4.78 is 10.8. The molecule has 3 rings (SSSR count). The van der Waals surface area contributed by atoms with Crippen molar-refractivity contribution in [3.63, 3.8) is 0 Å². The second kappa shape index (κ2) is 18.7. The lowest BCUT2D eigenvalue weighted by molar-refractivity contribution is -0.142. The highest BCUT2D eigenvalue weighted by Crippen LogP contribution is 2.26. The molecule has 0 saturated heterocycles. The molecule has 0 aliphatic heterocycles. The number of phenols is 1. The number of aryl methyl sites for hydroxylation is 1. The lowest BCUT2D eigenvalue weighted by Gasteiger charge is -2.14. The Morgan fingerprint density at radius 1 is 0.860 bits per heavy atom. The molecule has 0 unspecified atom stereocenters. The molecule has 1 atom stereocenters. The van der Waals surface area contributed by atoms with Crippen molar-refractivity contribution in [2.75, 3.05) is 26.3 Å². The third-order valence-corrected chi connectivity index (χ3v) is 7.25. The highest BCUT2D eigenvalue weighted by molar-refractivity contribution is 5.76. The smallest absolute Gasteiger partial charge is 0.307 e. The third-order valence-electron chi connectivity index (χ3n) is 7.25. The number of unbranched alkanes of at least 4 members (excludes halogenated alkanes) is 4. The van der Waals surface area contributed by atoms with Crippen molar-refractivity contribution in [2.24, 2.45) is 0 Å². The highest BCUT2D eigenvalue weighted by atomic mass is 16.5. The van der Waals surface area contributed by atoms with E-state index in [2.05, 4.69) is 17.4 Å². The third kappa shape index (κ3) is 12.6. The minimum Gasteiger partial charge on any atom is -0.508 e. The van der Waals surface area contributed by atoms with Crippen molar-refractivity contribution in [3.05, 3.63) is 89.0 Å². The van der Waals surface area contributed by atoms with Crippen molar-refractivity contribution in [1.82, 2.24) is 5.32 Å². The Morgan fingerprint density at radius 2 is 1.63 bits per heavy atom. The number of ether oxygens (including phenoxy) is 2. The molecule has 3 aromatic rings. The number of hydrogen-bond donors (Lipinski definition) is 4. The van der Waals surface area contributed by atoms with Crippen molar-refractivity contribution < 1.29 is 34.4 Å². The number of carbonyl (C=O) groups is 2. The molecule has 0 amide bonds. The molecular weight excluding hydrogens is 546 g/mol. The van der Waals surface area contributed by atoms with Gasteiger partial charge in [-0.15, -0.1) is 0 Å². The second-order valence-electron chi connectivity index (χ2n) is 10.8. The van der Waals surface area contributed by atoms with Crippen molar-refractivity contribution in [2.45, 2.75) is 71.0 Å². The van der Waals surface area contributed by atoms with Gasteiger partial charge in [-0.1, -0.05) is 67.4 Å². The zero-order valence-corrected chi connectivity index (χ0v) is 25.1. The fraction of sp³-hybridized carbons (Fsp3) is 0.429. The summed E-state index contributed by atoms with van der Waals surface area (Å²) in [5, 5.41) is 32.9. The number of hydrogen-bond acceptors (Lipinski definition) is 7. The fourth-order valence-electron chi connectivity index (χ4n) is 4.92. The normalized spacial score (nSPS) is 11.8. The van der Waals surface area contributed by atoms with Crippen molar-refractivity contribution in [1.29, 1.82) is 0 Å². The number of aliphatic hydroxyl groups is 1. The number of carboxylic acid groups (broad SMARTS) is 1. The first-order valence-corrected chi connectivity index (χ1v) is 15.1. The average molecular weight is 592 g/mol. The van der Waals surface area contributed by atoms with E-state index in [1.54, 1.807) is 12.1 Å². The van der Waals surface area contributed by atoms with Gasteiger partial charge < -0.3 is 30.1 Å². The van der Waals surface area contributed by atoms with Crippen LogP contribution in [0.25, 0.3) is 11.1 Å². The second-order valence-corrected chi connectivity index (χ2v) is 10.8. The maximum atomic E-state index is 11.2. The van der Waals surface area contributed by atoms with E-state index >= 15 is 0 Å². The highest BCUT2D eigenvalue weighted by Gasteiger charge is 2.12. The topological polar surface area (TPSA) is 125 Å². The monoisotopic (exact) mass is 591 g/mol. The Hall–Kier alpha value is -3.72. The molecule has 0 spiro atoms. The van der Waals surface area contributed by atoms with Crippen LogP contribution in [-0.2, 0) is 38.5 Å². The first-order chi connectivity index (χ1) is 20.8. The standard InChI is InChI=1S/C35H45NO7/c1-26(37)43-25-31-22-30(16-17-33(31)38)34(39)24-36-18-7-2-3-8-19-42-20-9-6-11-27-12-10-14-28(21-27)32-15-5-4-13-29(32)23-35(40)41/h4-5,10,12-17,21-22,34,36,38-39H,2-3,6-9,11,18-20,23-25H2,1H3,(H,40,41)/t34-/m0/s1. The SMILES string of the molecule is CC(=O)OCc1cc([C@@H](O)CNCCCCCCOCCCCc2cccc(-c3ccccc3CC(=O)O)c2)ccc1O. The summed E-state index contributed by atoms with van der Waals surface area (Å²) in [7, 11) is 0. The predicted octanol–water partition coefficient (Wildman–Crippen LogP) is 5.97. The van der Waals surface area contributed by atoms with E-state index in [1.165, 1.54) is 18.6 Å². The Morgan fingerprint density at radius 3 is 2.42 bits per heavy atom. The molecule has 0 radical (unpaired) electrons. The van der Waals surface area contributed by atoms with E-state index < -0.39 is 18.0 Å². The lowest BCUT2D eigenvalue weighted by Crippen LogP contribution is -2.22. The van der Waals surface area contributed by atoms with Crippen molar-refractivity contribution >= 4 is 11.9 Å². The number of aliphatic carboxylic acids is 1. The van der Waals surface area contributed by atoms with E-state index in [1.807, 2.05) is 36.4 Å². The molecule has 8 heteroatoms. The average Bonchev–Trinajstić information content (AvgIpc) is 2.99. The van der Waals surface area contributed by atoms with Crippen LogP contribution in [0.15, 0.2) is 66.7 Å². The fourth-order valence-corrected chi connectivity index (χ4v) is 4.92. The van der Waals surface area contributed by atoms with E-state index in [0.717, 1.165) is 81.4 Å². The molecule has 0 fully saturated rings. The number of benzene rings is 3. The van der Waals surface area contributed by atoms with Gasteiger partial charge in [-0.2, -0.15) is 0 Å². The minimum absolute atomic E-state index is 0.0176. The first-order valence-electron chi connectivity index (χ1n) is 15.1. The molecule has 8 nitrogen and oxygen atoms in total. The molecule has 232 valence electrons. The molecule has 0 aliphatic carbocycles. The molecule has 43 heavy (non-hydrogen) atoms. The number of esters is 1. The summed E-state index contributed by atoms with van der Waals surface area (Å²) in [5.74, 6) is -1.21. The Balaban J connectivity index is 1.21. The number of carboxylic acids is 1. The molecule has 3 aromatic carbocycles. The summed E-state index contributed by atoms with van der Waals surface area (Å²) >= 11 is 0. The van der Waals surface area contributed by atoms with Crippen LogP contribution in [0, 0.1) is 0 Å². The largest absolute Gasteiger partial charge is 0.508 e. The van der Waals surface area contributed by atoms with Gasteiger partial charge in [-0.05, 0) is 78.6 Å². The molecule has 0 heterocycles. The number of nitrogens with one attached hydrogen (secondary N) is 1. The van der Waals surface area contributed by atoms with Crippen LogP contribution in [0.5, 0.6) is 5.75 Å². The van der Waals surface area contributed by atoms with E-state index in [9.17, 15) is 24.9 Å². The summed E-state index contributed by atoms with van der Waals surface area (Å²) in [6.07, 6.45) is 6.52. The zero-order valence-electron chi connectivity index (χ0n) is 25.1. The Kier molecular flexibility index (Phi) is 14.7. The summed E-state index contributed by atoms with van der Waals surface area (Å²) in [6, 6.07) is 20.9. The van der Waals surface area contributed by atoms with Gasteiger partial charge in [0.05, 0.1) is 12.5 Å². The van der Waals surface area contributed by atoms with Gasteiger partial charge in [0, 0.05) is 32.2 Å². The first kappa shape index (κ1) is 33.8. The number of phenolic OH excluding ortho intramolecular Hbond substituents is 1. The van der Waals surface area contributed by atoms with Crippen LogP contribution in [0.3, 0.4) is 0 Å². The van der Waals surface area contributed by atoms with Crippen LogP contribution >= 0.6 is 0 Å². The lowest BCUT2D eigenvalue weighted by atomic mass is 9.95. The molecule has 0 saturated carbocycles. The summed E-state index contributed by atoms with van der Waals surface area (Å²) in [4.78, 5) is 22.2. The zero-order chi connectivity index (χ0) is 30.9. The van der Waals surface area contributed by atoms with Gasteiger partial charge in [0.25, 0.3) is 0 Å². The van der Waals surface area contributed by atoms with Crippen LogP contribution in [-0.4, -0.2) is 53.6 Å². The van der Waals surface area contributed by atoms with Crippen LogP contribution in [0.2, 0.25) is 0 Å². The van der Waals surface area contributed by atoms with Crippen molar-refractivity contribution in [3.8, 4) is 16.9 Å². The predicted molar refractivity (Wildman–Crippen MR) is 167 cm³/mol. The van der Waals surface area contributed by atoms with Gasteiger partial charge in [-0.25, -0.2) is 0 Å². The molecule has 0 bridgehead atoms. The maximum absolute atomic E-state index is 11.2. The number of carbonyl (C=O) groups excluding carboxylic acids is 1. The Bertz CT molecular complexity index is 1290.